The summed E-state index contributed by atoms with van der Waals surface area (Å²) in [5, 5.41) is 20.9. The maximum absolute atomic E-state index is 8.91. The molecule has 0 heterocycles. The van der Waals surface area contributed by atoms with E-state index in [1.54, 1.807) is 6.92 Å². The van der Waals surface area contributed by atoms with Crippen LogP contribution >= 0.6 is 0 Å². The third-order valence-electron chi connectivity index (χ3n) is 1.74. The molecule has 3 heteroatoms. The van der Waals surface area contributed by atoms with E-state index in [1.807, 2.05) is 19.9 Å². The fourth-order valence-corrected chi connectivity index (χ4v) is 0.663. The highest BCUT2D eigenvalue weighted by molar-refractivity contribution is 4.96. The topological polar surface area (TPSA) is 52.5 Å². The Bertz CT molecular complexity index is 147. The van der Waals surface area contributed by atoms with E-state index in [9.17, 15) is 0 Å². The molecule has 0 rings (SSSR count). The number of hydrogen-bond donors (Lipinski definition) is 3. The summed E-state index contributed by atoms with van der Waals surface area (Å²) in [6.45, 7) is 6.37. The van der Waals surface area contributed by atoms with Gasteiger partial charge in [-0.15, -0.1) is 0 Å². The van der Waals surface area contributed by atoms with E-state index < -0.39 is 5.54 Å². The molecule has 72 valence electrons. The highest BCUT2D eigenvalue weighted by atomic mass is 16.3. The van der Waals surface area contributed by atoms with Crippen LogP contribution in [0.25, 0.3) is 0 Å². The Hall–Kier alpha value is -0.380. The monoisotopic (exact) mass is 173 g/mol. The van der Waals surface area contributed by atoms with Crippen LogP contribution in [0.2, 0.25) is 0 Å². The quantitative estimate of drug-likeness (QED) is 0.524. The highest BCUT2D eigenvalue weighted by Crippen LogP contribution is 2.00. The Morgan fingerprint density at radius 1 is 1.33 bits per heavy atom. The summed E-state index contributed by atoms with van der Waals surface area (Å²) in [7, 11) is 0. The van der Waals surface area contributed by atoms with Crippen LogP contribution in [-0.2, 0) is 0 Å². The minimum Gasteiger partial charge on any atom is -0.394 e. The molecule has 0 radical (unpaired) electrons. The third kappa shape index (κ3) is 4.49. The van der Waals surface area contributed by atoms with Crippen LogP contribution in [-0.4, -0.2) is 35.5 Å². The molecule has 0 aromatic heterocycles. The molecule has 0 saturated heterocycles. The average molecular weight is 173 g/mol. The van der Waals surface area contributed by atoms with Gasteiger partial charge in [-0.2, -0.15) is 0 Å². The van der Waals surface area contributed by atoms with E-state index in [0.29, 0.717) is 6.54 Å². The second-order valence-corrected chi connectivity index (χ2v) is 3.54. The number of aliphatic hydroxyl groups excluding tert-OH is 2. The lowest BCUT2D eigenvalue weighted by molar-refractivity contribution is 0.107. The molecule has 3 nitrogen and oxygen atoms in total. The van der Waals surface area contributed by atoms with Gasteiger partial charge in [0.15, 0.2) is 0 Å². The summed E-state index contributed by atoms with van der Waals surface area (Å²) >= 11 is 0. The summed E-state index contributed by atoms with van der Waals surface area (Å²) in [6, 6.07) is 0. The number of aliphatic hydroxyl groups is 2. The average Bonchev–Trinajstić information content (AvgIpc) is 2.03. The smallest absolute Gasteiger partial charge is 0.0633 e. The van der Waals surface area contributed by atoms with Crippen LogP contribution in [0.15, 0.2) is 11.6 Å². The standard InChI is InChI=1S/C9H19NO2/c1-8(2)4-5-10-9(3,6-11)7-12/h4,10-12H,5-7H2,1-3H3. The van der Waals surface area contributed by atoms with Gasteiger partial charge in [0, 0.05) is 6.54 Å². The Kier molecular flexibility index (Phi) is 5.13. The SMILES string of the molecule is CC(C)=CCNC(C)(CO)CO. The lowest BCUT2D eigenvalue weighted by Crippen LogP contribution is -2.49. The molecule has 0 bridgehead atoms. The maximum Gasteiger partial charge on any atom is 0.0633 e. The fraction of sp³-hybridized carbons (Fsp3) is 0.778. The largest absolute Gasteiger partial charge is 0.394 e. The van der Waals surface area contributed by atoms with Crippen LogP contribution in [0.4, 0.5) is 0 Å². The van der Waals surface area contributed by atoms with E-state index in [0.717, 1.165) is 0 Å². The molecule has 0 aliphatic heterocycles. The van der Waals surface area contributed by atoms with Gasteiger partial charge in [0.25, 0.3) is 0 Å². The first-order valence-electron chi connectivity index (χ1n) is 4.14. The van der Waals surface area contributed by atoms with Gasteiger partial charge < -0.3 is 15.5 Å². The third-order valence-corrected chi connectivity index (χ3v) is 1.74. The molecule has 0 atom stereocenters. The second kappa shape index (κ2) is 5.30. The number of nitrogens with one attached hydrogen (secondary N) is 1. The molecule has 0 amide bonds. The molecule has 0 saturated carbocycles. The predicted octanol–water partition coefficient (Wildman–Crippen LogP) is 0.285. The normalized spacial score (nSPS) is 11.4. The van der Waals surface area contributed by atoms with Gasteiger partial charge in [0.1, 0.15) is 0 Å². The molecule has 0 fully saturated rings. The Labute approximate surface area is 74.1 Å². The first kappa shape index (κ1) is 11.6. The van der Waals surface area contributed by atoms with Crippen molar-refractivity contribution >= 4 is 0 Å². The van der Waals surface area contributed by atoms with E-state index >= 15 is 0 Å². The lowest BCUT2D eigenvalue weighted by atomic mass is 10.1. The van der Waals surface area contributed by atoms with Crippen LogP contribution in [0.1, 0.15) is 20.8 Å². The highest BCUT2D eigenvalue weighted by Gasteiger charge is 2.19. The molecule has 0 aliphatic rings. The summed E-state index contributed by atoms with van der Waals surface area (Å²) in [5.74, 6) is 0. The minimum atomic E-state index is -0.564. The number of hydrogen-bond acceptors (Lipinski definition) is 3. The number of allylic oxidation sites excluding steroid dienone is 1. The lowest BCUT2D eigenvalue weighted by Gasteiger charge is -2.25. The Balaban J connectivity index is 3.81. The van der Waals surface area contributed by atoms with Crippen molar-refractivity contribution in [3.05, 3.63) is 11.6 Å². The summed E-state index contributed by atoms with van der Waals surface area (Å²) in [5.41, 5.74) is 0.659. The molecule has 0 unspecified atom stereocenters. The van der Waals surface area contributed by atoms with Crippen LogP contribution < -0.4 is 5.32 Å². The molecule has 12 heavy (non-hydrogen) atoms. The summed E-state index contributed by atoms with van der Waals surface area (Å²) in [6.07, 6.45) is 2.02. The van der Waals surface area contributed by atoms with Crippen LogP contribution in [0.3, 0.4) is 0 Å². The molecule has 0 aromatic carbocycles. The van der Waals surface area contributed by atoms with Crippen molar-refractivity contribution < 1.29 is 10.2 Å². The van der Waals surface area contributed by atoms with E-state index in [1.165, 1.54) is 5.57 Å². The van der Waals surface area contributed by atoms with Gasteiger partial charge in [-0.1, -0.05) is 11.6 Å². The van der Waals surface area contributed by atoms with Crippen molar-refractivity contribution in [2.24, 2.45) is 0 Å². The van der Waals surface area contributed by atoms with Gasteiger partial charge in [0.05, 0.1) is 18.8 Å². The Morgan fingerprint density at radius 3 is 2.17 bits per heavy atom. The molecular formula is C9H19NO2. The van der Waals surface area contributed by atoms with Crippen LogP contribution in [0.5, 0.6) is 0 Å². The molecular weight excluding hydrogens is 154 g/mol. The van der Waals surface area contributed by atoms with Gasteiger partial charge >= 0.3 is 0 Å². The van der Waals surface area contributed by atoms with Crippen molar-refractivity contribution in [1.29, 1.82) is 0 Å². The molecule has 0 spiro atoms. The zero-order chi connectivity index (χ0) is 9.61. The fourth-order valence-electron chi connectivity index (χ4n) is 0.663. The van der Waals surface area contributed by atoms with Crippen molar-refractivity contribution in [2.75, 3.05) is 19.8 Å². The predicted molar refractivity (Wildman–Crippen MR) is 50.0 cm³/mol. The zero-order valence-electron chi connectivity index (χ0n) is 8.09. The number of rotatable bonds is 5. The van der Waals surface area contributed by atoms with Gasteiger partial charge in [-0.05, 0) is 20.8 Å². The van der Waals surface area contributed by atoms with Gasteiger partial charge in [-0.3, -0.25) is 0 Å². The second-order valence-electron chi connectivity index (χ2n) is 3.54. The maximum atomic E-state index is 8.91. The van der Waals surface area contributed by atoms with E-state index in [4.69, 9.17) is 10.2 Å². The molecule has 0 aromatic rings. The first-order chi connectivity index (χ1) is 5.54. The summed E-state index contributed by atoms with van der Waals surface area (Å²) < 4.78 is 0. The van der Waals surface area contributed by atoms with Crippen molar-refractivity contribution in [3.8, 4) is 0 Å². The van der Waals surface area contributed by atoms with Crippen molar-refractivity contribution in [1.82, 2.24) is 5.32 Å². The summed E-state index contributed by atoms with van der Waals surface area (Å²) in [4.78, 5) is 0. The Morgan fingerprint density at radius 2 is 1.83 bits per heavy atom. The van der Waals surface area contributed by atoms with Crippen molar-refractivity contribution in [2.45, 2.75) is 26.3 Å². The van der Waals surface area contributed by atoms with E-state index in [2.05, 4.69) is 5.32 Å². The van der Waals surface area contributed by atoms with E-state index in [-0.39, 0.29) is 13.2 Å². The van der Waals surface area contributed by atoms with Gasteiger partial charge in [-0.25, -0.2) is 0 Å². The van der Waals surface area contributed by atoms with Crippen LogP contribution in [0, 0.1) is 0 Å². The first-order valence-corrected chi connectivity index (χ1v) is 4.14. The van der Waals surface area contributed by atoms with Gasteiger partial charge in [0.2, 0.25) is 0 Å². The minimum absolute atomic E-state index is 0.0555. The van der Waals surface area contributed by atoms with Crippen molar-refractivity contribution in [3.63, 3.8) is 0 Å². The molecule has 3 N–H and O–H groups in total. The molecule has 0 aliphatic carbocycles. The zero-order valence-corrected chi connectivity index (χ0v) is 8.09.